The molecule has 140 valence electrons. The fourth-order valence-electron chi connectivity index (χ4n) is 2.85. The molecule has 0 aliphatic carbocycles. The van der Waals surface area contributed by atoms with E-state index in [9.17, 15) is 0 Å². The number of aromatic nitrogens is 2. The van der Waals surface area contributed by atoms with Crippen LogP contribution >= 0.6 is 0 Å². The Bertz CT molecular complexity index is 858. The lowest BCUT2D eigenvalue weighted by atomic mass is 10.1. The van der Waals surface area contributed by atoms with Gasteiger partial charge in [0.05, 0.1) is 12.3 Å². The van der Waals surface area contributed by atoms with E-state index >= 15 is 0 Å². The smallest absolute Gasteiger partial charge is 0.119 e. The molecule has 27 heavy (non-hydrogen) atoms. The van der Waals surface area contributed by atoms with E-state index in [1.807, 2.05) is 48.5 Å². The molecule has 0 spiro atoms. The van der Waals surface area contributed by atoms with E-state index in [1.54, 1.807) is 6.20 Å². The van der Waals surface area contributed by atoms with Crippen molar-refractivity contribution in [2.45, 2.75) is 13.0 Å². The van der Waals surface area contributed by atoms with Gasteiger partial charge in [-0.1, -0.05) is 36.4 Å². The van der Waals surface area contributed by atoms with Gasteiger partial charge in [-0.3, -0.25) is 10.00 Å². The Morgan fingerprint density at radius 2 is 2.00 bits per heavy atom. The van der Waals surface area contributed by atoms with Gasteiger partial charge >= 0.3 is 0 Å². The highest BCUT2D eigenvalue weighted by molar-refractivity contribution is 5.60. The van der Waals surface area contributed by atoms with Gasteiger partial charge in [0.25, 0.3) is 0 Å². The van der Waals surface area contributed by atoms with Crippen LogP contribution in [0.4, 0.5) is 5.69 Å². The average molecular weight is 362 g/mol. The quantitative estimate of drug-likeness (QED) is 0.341. The van der Waals surface area contributed by atoms with Gasteiger partial charge in [-0.05, 0) is 49.4 Å². The van der Waals surface area contributed by atoms with Crippen LogP contribution in [0.3, 0.4) is 0 Å². The number of nitrogens with zero attached hydrogens (tertiary/aromatic N) is 2. The summed E-state index contributed by atoms with van der Waals surface area (Å²) in [6, 6.07) is 18.0. The molecule has 2 aromatic carbocycles. The number of nitrogens with two attached hydrogens (primary N) is 1. The molecule has 5 heteroatoms. The molecule has 0 aliphatic heterocycles. The topological polar surface area (TPSA) is 67.2 Å². The lowest BCUT2D eigenvalue weighted by Gasteiger charge is -2.14. The van der Waals surface area contributed by atoms with Crippen molar-refractivity contribution < 1.29 is 4.74 Å². The van der Waals surface area contributed by atoms with Crippen LogP contribution < -0.4 is 10.5 Å². The number of anilines is 1. The predicted molar refractivity (Wildman–Crippen MR) is 110 cm³/mol. The molecule has 3 N–H and O–H groups in total. The van der Waals surface area contributed by atoms with Crippen molar-refractivity contribution in [3.63, 3.8) is 0 Å². The summed E-state index contributed by atoms with van der Waals surface area (Å²) in [6.45, 7) is 2.43. The molecule has 0 fully saturated rings. The third kappa shape index (κ3) is 6.01. The van der Waals surface area contributed by atoms with E-state index in [-0.39, 0.29) is 0 Å². The van der Waals surface area contributed by atoms with Crippen molar-refractivity contribution in [3.8, 4) is 17.0 Å². The molecular formula is C22H26N4O. The molecule has 0 saturated heterocycles. The molecule has 5 nitrogen and oxygen atoms in total. The van der Waals surface area contributed by atoms with Crippen molar-refractivity contribution in [2.24, 2.45) is 0 Å². The van der Waals surface area contributed by atoms with Gasteiger partial charge in [0, 0.05) is 30.5 Å². The molecule has 0 bridgehead atoms. The van der Waals surface area contributed by atoms with Gasteiger partial charge in [0.1, 0.15) is 5.75 Å². The summed E-state index contributed by atoms with van der Waals surface area (Å²) < 4.78 is 5.85. The number of hydrogen-bond donors (Lipinski definition) is 2. The number of hydrogen-bond acceptors (Lipinski definition) is 4. The van der Waals surface area contributed by atoms with Crippen LogP contribution in [0.5, 0.6) is 5.75 Å². The Hall–Kier alpha value is -3.05. The molecule has 0 saturated carbocycles. The van der Waals surface area contributed by atoms with Gasteiger partial charge in [-0.15, -0.1) is 0 Å². The fourth-order valence-corrected chi connectivity index (χ4v) is 2.85. The van der Waals surface area contributed by atoms with Gasteiger partial charge < -0.3 is 10.5 Å². The van der Waals surface area contributed by atoms with Crippen LogP contribution in [0, 0.1) is 0 Å². The highest BCUT2D eigenvalue weighted by atomic mass is 16.5. The van der Waals surface area contributed by atoms with Crippen molar-refractivity contribution in [2.75, 3.05) is 25.9 Å². The van der Waals surface area contributed by atoms with Crippen LogP contribution in [-0.2, 0) is 6.54 Å². The van der Waals surface area contributed by atoms with Crippen LogP contribution in [0.2, 0.25) is 0 Å². The van der Waals surface area contributed by atoms with E-state index in [1.165, 1.54) is 5.56 Å². The number of likely N-dealkylation sites (N-methyl/N-ethyl adjacent to an activating group) is 1. The zero-order chi connectivity index (χ0) is 18.9. The molecule has 1 aromatic heterocycles. The second kappa shape index (κ2) is 9.59. The van der Waals surface area contributed by atoms with E-state index in [2.05, 4.69) is 40.4 Å². The normalized spacial score (nSPS) is 11.3. The summed E-state index contributed by atoms with van der Waals surface area (Å²) in [7, 11) is 2.10. The standard InChI is InChI=1S/C22H26N4O/c1-26(17-18-7-5-9-20(23)15-18)13-3-2-4-14-27-21-10-6-8-19(16-21)22-11-12-24-25-22/h2-3,5-12,15-16H,4,13-14,17,23H2,1H3,(H,24,25)/b3-2+. The van der Waals surface area contributed by atoms with Gasteiger partial charge in [-0.25, -0.2) is 0 Å². The van der Waals surface area contributed by atoms with Crippen molar-refractivity contribution in [3.05, 3.63) is 78.5 Å². The van der Waals surface area contributed by atoms with Crippen LogP contribution in [0.1, 0.15) is 12.0 Å². The number of nitrogens with one attached hydrogen (secondary N) is 1. The minimum Gasteiger partial charge on any atom is -0.493 e. The van der Waals surface area contributed by atoms with E-state index in [0.29, 0.717) is 6.61 Å². The minimum absolute atomic E-state index is 0.655. The summed E-state index contributed by atoms with van der Waals surface area (Å²) >= 11 is 0. The van der Waals surface area contributed by atoms with Crippen molar-refractivity contribution in [1.82, 2.24) is 15.1 Å². The number of rotatable bonds is 9. The van der Waals surface area contributed by atoms with Crippen LogP contribution in [0.15, 0.2) is 72.9 Å². The molecule has 3 aromatic rings. The number of ether oxygens (including phenoxy) is 1. The molecule has 0 radical (unpaired) electrons. The first kappa shape index (κ1) is 18.7. The molecule has 3 rings (SSSR count). The van der Waals surface area contributed by atoms with Gasteiger partial charge in [0.2, 0.25) is 0 Å². The van der Waals surface area contributed by atoms with E-state index < -0.39 is 0 Å². The maximum atomic E-state index is 5.85. The Kier molecular flexibility index (Phi) is 6.66. The molecule has 1 heterocycles. The number of aromatic amines is 1. The van der Waals surface area contributed by atoms with Crippen LogP contribution in [0.25, 0.3) is 11.3 Å². The lowest BCUT2D eigenvalue weighted by Crippen LogP contribution is -2.17. The van der Waals surface area contributed by atoms with Crippen molar-refractivity contribution in [1.29, 1.82) is 0 Å². The summed E-state index contributed by atoms with van der Waals surface area (Å²) in [5, 5.41) is 6.95. The molecule has 0 amide bonds. The largest absolute Gasteiger partial charge is 0.493 e. The molecule has 0 atom stereocenters. The predicted octanol–water partition coefficient (Wildman–Crippen LogP) is 4.12. The Balaban J connectivity index is 1.38. The Morgan fingerprint density at radius 1 is 1.11 bits per heavy atom. The fraction of sp³-hybridized carbons (Fsp3) is 0.227. The van der Waals surface area contributed by atoms with Gasteiger partial charge in [0.15, 0.2) is 0 Å². The minimum atomic E-state index is 0.655. The first-order chi connectivity index (χ1) is 13.2. The zero-order valence-corrected chi connectivity index (χ0v) is 15.6. The second-order valence-corrected chi connectivity index (χ2v) is 6.55. The summed E-state index contributed by atoms with van der Waals surface area (Å²) in [4.78, 5) is 2.25. The molecular weight excluding hydrogens is 336 g/mol. The van der Waals surface area contributed by atoms with E-state index in [0.717, 1.165) is 42.2 Å². The lowest BCUT2D eigenvalue weighted by molar-refractivity contribution is 0.324. The first-order valence-corrected chi connectivity index (χ1v) is 9.11. The number of benzene rings is 2. The Labute approximate surface area is 160 Å². The molecule has 0 unspecified atom stereocenters. The first-order valence-electron chi connectivity index (χ1n) is 9.11. The van der Waals surface area contributed by atoms with Gasteiger partial charge in [-0.2, -0.15) is 5.10 Å². The average Bonchev–Trinajstić information content (AvgIpc) is 3.20. The zero-order valence-electron chi connectivity index (χ0n) is 15.6. The number of H-pyrrole nitrogens is 1. The summed E-state index contributed by atoms with van der Waals surface area (Å²) in [6.07, 6.45) is 6.96. The maximum absolute atomic E-state index is 5.85. The maximum Gasteiger partial charge on any atom is 0.119 e. The highest BCUT2D eigenvalue weighted by Crippen LogP contribution is 2.21. The summed E-state index contributed by atoms with van der Waals surface area (Å²) in [5.41, 5.74) is 9.92. The van der Waals surface area contributed by atoms with E-state index in [4.69, 9.17) is 10.5 Å². The highest BCUT2D eigenvalue weighted by Gasteiger charge is 2.01. The Morgan fingerprint density at radius 3 is 2.81 bits per heavy atom. The monoisotopic (exact) mass is 362 g/mol. The third-order valence-electron chi connectivity index (χ3n) is 4.19. The van der Waals surface area contributed by atoms with Crippen LogP contribution in [-0.4, -0.2) is 35.3 Å². The summed E-state index contributed by atoms with van der Waals surface area (Å²) in [5.74, 6) is 0.870. The SMILES string of the molecule is CN(C/C=C/CCOc1cccc(-c2ccn[nH]2)c1)Cc1cccc(N)c1. The second-order valence-electron chi connectivity index (χ2n) is 6.55. The third-order valence-corrected chi connectivity index (χ3v) is 4.19. The number of nitrogen functional groups attached to an aromatic ring is 1. The van der Waals surface area contributed by atoms with Crippen molar-refractivity contribution >= 4 is 5.69 Å². The molecule has 0 aliphatic rings.